The molecule has 56 valence electrons. The van der Waals surface area contributed by atoms with Crippen molar-refractivity contribution in [3.05, 3.63) is 24.0 Å². The largest absolute Gasteiger partial charge is 0.367 e. The first-order valence-corrected chi connectivity index (χ1v) is 3.70. The Kier molecular flexibility index (Phi) is 3.03. The Morgan fingerprint density at radius 1 is 1.60 bits per heavy atom. The second-order valence-corrected chi connectivity index (χ2v) is 2.43. The molecule has 0 amide bonds. The maximum atomic E-state index is 3.12. The first-order valence-electron chi connectivity index (χ1n) is 3.70. The van der Waals surface area contributed by atoms with Crippen molar-refractivity contribution in [3.8, 4) is 0 Å². The summed E-state index contributed by atoms with van der Waals surface area (Å²) in [6.45, 7) is 1.10. The molecular weight excluding hydrogens is 124 g/mol. The second-order valence-electron chi connectivity index (χ2n) is 2.43. The van der Waals surface area contributed by atoms with E-state index in [1.807, 2.05) is 13.2 Å². The van der Waals surface area contributed by atoms with Gasteiger partial charge in [-0.2, -0.15) is 0 Å². The number of aromatic amines is 1. The molecule has 0 atom stereocenters. The number of rotatable bonds is 4. The van der Waals surface area contributed by atoms with E-state index in [1.165, 1.54) is 18.4 Å². The van der Waals surface area contributed by atoms with Crippen LogP contribution >= 0.6 is 0 Å². The van der Waals surface area contributed by atoms with Crippen LogP contribution in [0.3, 0.4) is 0 Å². The minimum Gasteiger partial charge on any atom is -0.367 e. The lowest BCUT2D eigenvalue weighted by Gasteiger charge is -1.95. The quantitative estimate of drug-likeness (QED) is 0.600. The van der Waals surface area contributed by atoms with Gasteiger partial charge >= 0.3 is 0 Å². The van der Waals surface area contributed by atoms with E-state index in [4.69, 9.17) is 0 Å². The third-order valence-electron chi connectivity index (χ3n) is 1.55. The molecule has 0 aliphatic heterocycles. The van der Waals surface area contributed by atoms with E-state index in [9.17, 15) is 0 Å². The molecule has 1 aromatic heterocycles. The molecule has 1 heterocycles. The molecule has 0 fully saturated rings. The van der Waals surface area contributed by atoms with Crippen LogP contribution in [0.25, 0.3) is 0 Å². The van der Waals surface area contributed by atoms with E-state index < -0.39 is 0 Å². The van der Waals surface area contributed by atoms with Crippen molar-refractivity contribution >= 4 is 0 Å². The van der Waals surface area contributed by atoms with Crippen LogP contribution in [-0.4, -0.2) is 18.6 Å². The van der Waals surface area contributed by atoms with Gasteiger partial charge in [0.25, 0.3) is 0 Å². The molecule has 0 unspecified atom stereocenters. The topological polar surface area (TPSA) is 27.8 Å². The lowest BCUT2D eigenvalue weighted by Crippen LogP contribution is -2.07. The lowest BCUT2D eigenvalue weighted by molar-refractivity contribution is 0.725. The summed E-state index contributed by atoms with van der Waals surface area (Å²) in [4.78, 5) is 3.04. The molecule has 0 radical (unpaired) electrons. The Morgan fingerprint density at radius 3 is 3.10 bits per heavy atom. The molecule has 0 aliphatic rings. The molecule has 0 aromatic carbocycles. The second kappa shape index (κ2) is 4.12. The molecule has 0 spiro atoms. The fourth-order valence-corrected chi connectivity index (χ4v) is 0.983. The minimum absolute atomic E-state index is 1.10. The molecule has 2 N–H and O–H groups in total. The predicted octanol–water partition coefficient (Wildman–Crippen LogP) is 1.17. The van der Waals surface area contributed by atoms with Gasteiger partial charge in [0.15, 0.2) is 0 Å². The van der Waals surface area contributed by atoms with Gasteiger partial charge in [-0.05, 0) is 38.1 Å². The highest BCUT2D eigenvalue weighted by Gasteiger charge is 1.90. The van der Waals surface area contributed by atoms with Crippen molar-refractivity contribution in [2.24, 2.45) is 0 Å². The third kappa shape index (κ3) is 2.23. The van der Waals surface area contributed by atoms with Crippen LogP contribution < -0.4 is 5.32 Å². The fraction of sp³-hybridized carbons (Fsp3) is 0.500. The van der Waals surface area contributed by atoms with Gasteiger partial charge in [0.05, 0.1) is 0 Å². The van der Waals surface area contributed by atoms with Gasteiger partial charge in [-0.25, -0.2) is 0 Å². The van der Waals surface area contributed by atoms with E-state index in [1.54, 1.807) is 0 Å². The standard InChI is InChI=1S/C8H14N2/c1-9-5-2-3-8-4-6-10-7-8/h4,6-7,9-10H,2-3,5H2,1H3. The highest BCUT2D eigenvalue weighted by molar-refractivity contribution is 5.07. The summed E-state index contributed by atoms with van der Waals surface area (Å²) in [5.41, 5.74) is 1.40. The van der Waals surface area contributed by atoms with Gasteiger partial charge in [-0.3, -0.25) is 0 Å². The zero-order valence-electron chi connectivity index (χ0n) is 6.35. The number of aryl methyl sites for hydroxylation is 1. The molecule has 0 saturated heterocycles. The number of aromatic nitrogens is 1. The van der Waals surface area contributed by atoms with Crippen molar-refractivity contribution in [1.29, 1.82) is 0 Å². The maximum absolute atomic E-state index is 3.12. The maximum Gasteiger partial charge on any atom is 0.00373 e. The van der Waals surface area contributed by atoms with Crippen molar-refractivity contribution in [2.75, 3.05) is 13.6 Å². The van der Waals surface area contributed by atoms with Crippen molar-refractivity contribution in [3.63, 3.8) is 0 Å². The normalized spacial score (nSPS) is 10.1. The molecule has 0 bridgehead atoms. The average molecular weight is 138 g/mol. The summed E-state index contributed by atoms with van der Waals surface area (Å²) in [7, 11) is 1.98. The minimum atomic E-state index is 1.10. The Bertz CT molecular complexity index is 156. The van der Waals surface area contributed by atoms with Crippen LogP contribution in [-0.2, 0) is 6.42 Å². The van der Waals surface area contributed by atoms with Gasteiger partial charge in [-0.1, -0.05) is 0 Å². The summed E-state index contributed by atoms with van der Waals surface area (Å²) in [6.07, 6.45) is 6.41. The third-order valence-corrected chi connectivity index (χ3v) is 1.55. The van der Waals surface area contributed by atoms with Gasteiger partial charge in [0.1, 0.15) is 0 Å². The number of H-pyrrole nitrogens is 1. The van der Waals surface area contributed by atoms with Crippen LogP contribution in [0.15, 0.2) is 18.5 Å². The van der Waals surface area contributed by atoms with Gasteiger partial charge in [0, 0.05) is 12.4 Å². The van der Waals surface area contributed by atoms with Gasteiger partial charge in [0.2, 0.25) is 0 Å². The molecule has 1 aromatic rings. The van der Waals surface area contributed by atoms with Crippen LogP contribution in [0.4, 0.5) is 0 Å². The average Bonchev–Trinajstić information content (AvgIpc) is 2.41. The van der Waals surface area contributed by atoms with Gasteiger partial charge in [-0.15, -0.1) is 0 Å². The summed E-state index contributed by atoms with van der Waals surface area (Å²) < 4.78 is 0. The van der Waals surface area contributed by atoms with Crippen molar-refractivity contribution in [2.45, 2.75) is 12.8 Å². The highest BCUT2D eigenvalue weighted by Crippen LogP contribution is 1.99. The number of nitrogens with one attached hydrogen (secondary N) is 2. The van der Waals surface area contributed by atoms with Crippen LogP contribution in [0.2, 0.25) is 0 Å². The Morgan fingerprint density at radius 2 is 2.50 bits per heavy atom. The zero-order valence-corrected chi connectivity index (χ0v) is 6.35. The predicted molar refractivity (Wildman–Crippen MR) is 43.0 cm³/mol. The molecule has 0 aliphatic carbocycles. The molecule has 0 saturated carbocycles. The fourth-order valence-electron chi connectivity index (χ4n) is 0.983. The smallest absolute Gasteiger partial charge is 0.00373 e. The molecule has 2 nitrogen and oxygen atoms in total. The Labute approximate surface area is 61.7 Å². The van der Waals surface area contributed by atoms with Crippen LogP contribution in [0.5, 0.6) is 0 Å². The molecule has 1 rings (SSSR count). The van der Waals surface area contributed by atoms with E-state index in [0.29, 0.717) is 0 Å². The number of hydrogen-bond donors (Lipinski definition) is 2. The van der Waals surface area contributed by atoms with E-state index >= 15 is 0 Å². The lowest BCUT2D eigenvalue weighted by atomic mass is 10.2. The van der Waals surface area contributed by atoms with Gasteiger partial charge < -0.3 is 10.3 Å². The van der Waals surface area contributed by atoms with E-state index in [-0.39, 0.29) is 0 Å². The Balaban J connectivity index is 2.15. The zero-order chi connectivity index (χ0) is 7.23. The highest BCUT2D eigenvalue weighted by atomic mass is 14.8. The molecular formula is C8H14N2. The van der Waals surface area contributed by atoms with E-state index in [2.05, 4.69) is 22.6 Å². The molecule has 10 heavy (non-hydrogen) atoms. The summed E-state index contributed by atoms with van der Waals surface area (Å²) in [5, 5.41) is 3.12. The van der Waals surface area contributed by atoms with E-state index in [0.717, 1.165) is 6.54 Å². The monoisotopic (exact) mass is 138 g/mol. The summed E-state index contributed by atoms with van der Waals surface area (Å²) in [6, 6.07) is 2.12. The first-order chi connectivity index (χ1) is 4.93. The summed E-state index contributed by atoms with van der Waals surface area (Å²) in [5.74, 6) is 0. The first kappa shape index (κ1) is 7.35. The number of hydrogen-bond acceptors (Lipinski definition) is 1. The molecule has 2 heteroatoms. The summed E-state index contributed by atoms with van der Waals surface area (Å²) >= 11 is 0. The van der Waals surface area contributed by atoms with Crippen LogP contribution in [0, 0.1) is 0 Å². The van der Waals surface area contributed by atoms with Crippen LogP contribution in [0.1, 0.15) is 12.0 Å². The van der Waals surface area contributed by atoms with Crippen molar-refractivity contribution in [1.82, 2.24) is 10.3 Å². The SMILES string of the molecule is CNCCCc1cc[nH]c1. The van der Waals surface area contributed by atoms with Crippen molar-refractivity contribution < 1.29 is 0 Å². The Hall–Kier alpha value is -0.760.